The molecule has 1 atom stereocenters. The smallest absolute Gasteiger partial charge is 0.191 e. The van der Waals surface area contributed by atoms with Gasteiger partial charge < -0.3 is 15.5 Å². The van der Waals surface area contributed by atoms with Crippen molar-refractivity contribution in [3.8, 4) is 0 Å². The average Bonchev–Trinajstić information content (AvgIpc) is 3.17. The van der Waals surface area contributed by atoms with Crippen molar-refractivity contribution in [1.82, 2.24) is 20.4 Å². The lowest BCUT2D eigenvalue weighted by molar-refractivity contribution is 0.648. The van der Waals surface area contributed by atoms with Gasteiger partial charge in [-0.3, -0.25) is 9.67 Å². The Bertz CT molecular complexity index is 797. The molecule has 1 fully saturated rings. The highest BCUT2D eigenvalue weighted by Crippen LogP contribution is 2.28. The predicted octanol–water partition coefficient (Wildman–Crippen LogP) is 2.74. The minimum Gasteiger partial charge on any atom is -0.368 e. The fraction of sp³-hybridized carbons (Fsp3) is 0.474. The number of hydrogen-bond acceptors (Lipinski definition) is 3. The third-order valence-electron chi connectivity index (χ3n) is 5.04. The number of hydrogen-bond donors (Lipinski definition) is 2. The Balaban J connectivity index is 1.57. The Morgan fingerprint density at radius 2 is 2.12 bits per heavy atom. The molecule has 2 heterocycles. The minimum absolute atomic E-state index is 0.379. The van der Waals surface area contributed by atoms with Crippen LogP contribution in [0.5, 0.6) is 0 Å². The van der Waals surface area contributed by atoms with Crippen molar-refractivity contribution in [3.63, 3.8) is 0 Å². The molecule has 1 aromatic heterocycles. The van der Waals surface area contributed by atoms with Crippen LogP contribution in [0.2, 0.25) is 0 Å². The van der Waals surface area contributed by atoms with Crippen LogP contribution in [0.15, 0.2) is 33.7 Å². The van der Waals surface area contributed by atoms with Crippen LogP contribution < -0.4 is 15.5 Å². The van der Waals surface area contributed by atoms with Crippen LogP contribution >= 0.6 is 15.9 Å². The summed E-state index contributed by atoms with van der Waals surface area (Å²) < 4.78 is 3.07. The first-order valence-corrected chi connectivity index (χ1v) is 9.74. The van der Waals surface area contributed by atoms with E-state index in [4.69, 9.17) is 0 Å². The van der Waals surface area contributed by atoms with Crippen molar-refractivity contribution >= 4 is 27.6 Å². The molecule has 26 heavy (non-hydrogen) atoms. The molecule has 1 unspecified atom stereocenters. The van der Waals surface area contributed by atoms with Crippen LogP contribution in [0, 0.1) is 13.8 Å². The van der Waals surface area contributed by atoms with E-state index in [2.05, 4.69) is 66.7 Å². The highest BCUT2D eigenvalue weighted by Gasteiger charge is 2.24. The minimum atomic E-state index is 0.379. The number of para-hydroxylation sites is 1. The molecule has 0 bridgehead atoms. The molecule has 0 amide bonds. The molecule has 140 valence electrons. The van der Waals surface area contributed by atoms with Gasteiger partial charge in [0.25, 0.3) is 0 Å². The zero-order chi connectivity index (χ0) is 18.7. The summed E-state index contributed by atoms with van der Waals surface area (Å²) in [6.45, 7) is 6.88. The van der Waals surface area contributed by atoms with Crippen molar-refractivity contribution in [1.29, 1.82) is 0 Å². The first-order valence-electron chi connectivity index (χ1n) is 8.95. The summed E-state index contributed by atoms with van der Waals surface area (Å²) in [4.78, 5) is 6.79. The van der Waals surface area contributed by atoms with E-state index in [1.54, 1.807) is 0 Å². The van der Waals surface area contributed by atoms with Crippen molar-refractivity contribution < 1.29 is 0 Å². The van der Waals surface area contributed by atoms with E-state index in [-0.39, 0.29) is 0 Å². The second kappa shape index (κ2) is 8.12. The van der Waals surface area contributed by atoms with E-state index in [1.165, 1.54) is 16.9 Å². The number of benzene rings is 1. The van der Waals surface area contributed by atoms with Crippen LogP contribution in [0.25, 0.3) is 0 Å². The third kappa shape index (κ3) is 4.03. The van der Waals surface area contributed by atoms with Crippen molar-refractivity contribution in [2.75, 3.05) is 25.0 Å². The number of aryl methyl sites for hydroxylation is 2. The van der Waals surface area contributed by atoms with Gasteiger partial charge in [-0.2, -0.15) is 5.10 Å². The SMILES string of the molecule is CN=C(NCc1c(C)nn(C)c1C)NC1CCN(c2ccccc2Br)C1. The zero-order valence-corrected chi connectivity index (χ0v) is 17.5. The summed E-state index contributed by atoms with van der Waals surface area (Å²) in [5, 5.41) is 11.5. The van der Waals surface area contributed by atoms with E-state index in [0.717, 1.165) is 42.2 Å². The summed E-state index contributed by atoms with van der Waals surface area (Å²) in [7, 11) is 3.80. The normalized spacial score (nSPS) is 17.7. The Morgan fingerprint density at radius 1 is 1.35 bits per heavy atom. The first-order chi connectivity index (χ1) is 12.5. The summed E-state index contributed by atoms with van der Waals surface area (Å²) in [5.74, 6) is 0.839. The second-order valence-electron chi connectivity index (χ2n) is 6.73. The molecule has 0 aliphatic carbocycles. The number of rotatable bonds is 4. The van der Waals surface area contributed by atoms with E-state index < -0.39 is 0 Å². The van der Waals surface area contributed by atoms with Gasteiger partial charge in [0.2, 0.25) is 0 Å². The van der Waals surface area contributed by atoms with E-state index in [9.17, 15) is 0 Å². The first kappa shape index (κ1) is 18.8. The van der Waals surface area contributed by atoms with Gasteiger partial charge in [-0.15, -0.1) is 0 Å². The van der Waals surface area contributed by atoms with Crippen LogP contribution in [-0.2, 0) is 13.6 Å². The maximum absolute atomic E-state index is 4.47. The lowest BCUT2D eigenvalue weighted by Crippen LogP contribution is -2.44. The standard InChI is InChI=1S/C19H27BrN6/c1-13-16(14(2)25(4)24-13)11-22-19(21-3)23-15-9-10-26(12-15)18-8-6-5-7-17(18)20/h5-8,15H,9-12H2,1-4H3,(H2,21,22,23). The van der Waals surface area contributed by atoms with Crippen LogP contribution in [-0.4, -0.2) is 41.9 Å². The molecule has 1 aromatic carbocycles. The lowest BCUT2D eigenvalue weighted by atomic mass is 10.2. The van der Waals surface area contributed by atoms with Gasteiger partial charge in [-0.05, 0) is 48.3 Å². The van der Waals surface area contributed by atoms with E-state index in [1.807, 2.05) is 31.8 Å². The number of aromatic nitrogens is 2. The highest BCUT2D eigenvalue weighted by atomic mass is 79.9. The Kier molecular flexibility index (Phi) is 5.86. The summed E-state index contributed by atoms with van der Waals surface area (Å²) in [5.41, 5.74) is 4.73. The molecule has 0 spiro atoms. The maximum atomic E-state index is 4.47. The number of anilines is 1. The summed E-state index contributed by atoms with van der Waals surface area (Å²) in [6, 6.07) is 8.76. The molecule has 7 heteroatoms. The van der Waals surface area contributed by atoms with Gasteiger partial charge in [0, 0.05) is 55.5 Å². The number of nitrogens with zero attached hydrogens (tertiary/aromatic N) is 4. The van der Waals surface area contributed by atoms with Crippen LogP contribution in [0.4, 0.5) is 5.69 Å². The summed E-state index contributed by atoms with van der Waals surface area (Å²) in [6.07, 6.45) is 1.09. The van der Waals surface area contributed by atoms with Gasteiger partial charge in [0.05, 0.1) is 11.4 Å². The Hall–Kier alpha value is -2.02. The highest BCUT2D eigenvalue weighted by molar-refractivity contribution is 9.10. The molecule has 1 saturated heterocycles. The molecule has 2 N–H and O–H groups in total. The number of nitrogens with one attached hydrogen (secondary N) is 2. The van der Waals surface area contributed by atoms with E-state index >= 15 is 0 Å². The molecule has 2 aromatic rings. The van der Waals surface area contributed by atoms with Crippen LogP contribution in [0.3, 0.4) is 0 Å². The number of halogens is 1. The van der Waals surface area contributed by atoms with Gasteiger partial charge in [-0.25, -0.2) is 0 Å². The fourth-order valence-electron chi connectivity index (χ4n) is 3.44. The van der Waals surface area contributed by atoms with Crippen molar-refractivity contribution in [2.45, 2.75) is 32.9 Å². The molecule has 3 rings (SSSR count). The number of guanidine groups is 1. The maximum Gasteiger partial charge on any atom is 0.191 e. The van der Waals surface area contributed by atoms with Gasteiger partial charge in [-0.1, -0.05) is 12.1 Å². The Morgan fingerprint density at radius 3 is 2.77 bits per heavy atom. The Labute approximate surface area is 163 Å². The quantitative estimate of drug-likeness (QED) is 0.591. The molecule has 0 saturated carbocycles. The molecular formula is C19H27BrN6. The second-order valence-corrected chi connectivity index (χ2v) is 7.58. The zero-order valence-electron chi connectivity index (χ0n) is 15.9. The monoisotopic (exact) mass is 418 g/mol. The fourth-order valence-corrected chi connectivity index (χ4v) is 3.97. The topological polar surface area (TPSA) is 57.5 Å². The van der Waals surface area contributed by atoms with Gasteiger partial charge in [0.15, 0.2) is 5.96 Å². The van der Waals surface area contributed by atoms with Crippen molar-refractivity contribution in [2.24, 2.45) is 12.0 Å². The third-order valence-corrected chi connectivity index (χ3v) is 5.71. The largest absolute Gasteiger partial charge is 0.368 e. The van der Waals surface area contributed by atoms with Gasteiger partial charge in [0.1, 0.15) is 0 Å². The van der Waals surface area contributed by atoms with Crippen LogP contribution in [0.1, 0.15) is 23.4 Å². The lowest BCUT2D eigenvalue weighted by Gasteiger charge is -2.21. The van der Waals surface area contributed by atoms with Gasteiger partial charge >= 0.3 is 0 Å². The van der Waals surface area contributed by atoms with Crippen molar-refractivity contribution in [3.05, 3.63) is 45.7 Å². The summed E-state index contributed by atoms with van der Waals surface area (Å²) >= 11 is 3.65. The molecule has 0 radical (unpaired) electrons. The molecule has 1 aliphatic rings. The number of aliphatic imine (C=N–C) groups is 1. The predicted molar refractivity (Wildman–Crippen MR) is 111 cm³/mol. The molecular weight excluding hydrogens is 392 g/mol. The molecule has 6 nitrogen and oxygen atoms in total. The average molecular weight is 419 g/mol. The van der Waals surface area contributed by atoms with E-state index in [0.29, 0.717) is 6.04 Å². The molecule has 1 aliphatic heterocycles.